The predicted molar refractivity (Wildman–Crippen MR) is 108 cm³/mol. The zero-order valence-corrected chi connectivity index (χ0v) is 17.3. The Morgan fingerprint density at radius 1 is 0.828 bits per heavy atom. The van der Waals surface area contributed by atoms with Crippen molar-refractivity contribution in [2.75, 3.05) is 6.54 Å². The molecule has 0 saturated carbocycles. The van der Waals surface area contributed by atoms with Gasteiger partial charge < -0.3 is 26.0 Å². The summed E-state index contributed by atoms with van der Waals surface area (Å²) in [7, 11) is 0. The van der Waals surface area contributed by atoms with E-state index >= 15 is 0 Å². The number of hydrogen-bond donors (Lipinski definition) is 4. The fourth-order valence-corrected chi connectivity index (χ4v) is 2.22. The minimum atomic E-state index is -0.904. The molecule has 160 valence electrons. The maximum Gasteiger partial charge on any atom is 0.408 e. The Kier molecular flexibility index (Phi) is 10.2. The molecule has 0 aliphatic carbocycles. The fourth-order valence-electron chi connectivity index (χ4n) is 2.22. The van der Waals surface area contributed by atoms with Crippen molar-refractivity contribution in [2.45, 2.75) is 58.8 Å². The summed E-state index contributed by atoms with van der Waals surface area (Å²) in [5, 5.41) is 10.1. The van der Waals surface area contributed by atoms with Crippen LogP contribution in [0.15, 0.2) is 30.3 Å². The summed E-state index contributed by atoms with van der Waals surface area (Å²) < 4.78 is 5.06. The molecule has 9 heteroatoms. The van der Waals surface area contributed by atoms with E-state index in [-0.39, 0.29) is 12.5 Å². The van der Waals surface area contributed by atoms with Gasteiger partial charge in [-0.3, -0.25) is 14.4 Å². The second kappa shape index (κ2) is 12.4. The summed E-state index contributed by atoms with van der Waals surface area (Å²) in [5.41, 5.74) is 0.821. The van der Waals surface area contributed by atoms with Crippen molar-refractivity contribution >= 4 is 23.8 Å². The lowest BCUT2D eigenvalue weighted by molar-refractivity contribution is -0.131. The topological polar surface area (TPSA) is 126 Å². The fraction of sp³-hybridized carbons (Fsp3) is 0.500. The monoisotopic (exact) mass is 406 g/mol. The average molecular weight is 406 g/mol. The second-order valence-electron chi connectivity index (χ2n) is 6.68. The van der Waals surface area contributed by atoms with E-state index in [1.165, 1.54) is 13.8 Å². The molecular formula is C20H30N4O5. The summed E-state index contributed by atoms with van der Waals surface area (Å²) in [6, 6.07) is 6.62. The van der Waals surface area contributed by atoms with Crippen LogP contribution in [-0.2, 0) is 25.7 Å². The molecule has 0 fully saturated rings. The normalized spacial score (nSPS) is 13.4. The third-order valence-electron chi connectivity index (χ3n) is 3.99. The third-order valence-corrected chi connectivity index (χ3v) is 3.99. The lowest BCUT2D eigenvalue weighted by atomic mass is 10.2. The van der Waals surface area contributed by atoms with Crippen molar-refractivity contribution in [3.63, 3.8) is 0 Å². The van der Waals surface area contributed by atoms with Gasteiger partial charge in [-0.15, -0.1) is 0 Å². The van der Waals surface area contributed by atoms with Crippen LogP contribution >= 0.6 is 0 Å². The third kappa shape index (κ3) is 9.09. The lowest BCUT2D eigenvalue weighted by Crippen LogP contribution is -2.54. The number of rotatable bonds is 10. The van der Waals surface area contributed by atoms with E-state index in [0.29, 0.717) is 6.54 Å². The molecule has 0 radical (unpaired) electrons. The van der Waals surface area contributed by atoms with Crippen LogP contribution in [0.5, 0.6) is 0 Å². The molecule has 29 heavy (non-hydrogen) atoms. The number of nitrogens with one attached hydrogen (secondary N) is 4. The predicted octanol–water partition coefficient (Wildman–Crippen LogP) is 0.837. The quantitative estimate of drug-likeness (QED) is 0.458. The number of benzene rings is 1. The molecule has 1 aromatic rings. The SMILES string of the molecule is CCCNC(=O)[C@H](C)NC(=O)[C@H](C)NC(=O)[C@H](C)NC(=O)OCc1ccccc1. The van der Waals surface area contributed by atoms with Gasteiger partial charge in [-0.05, 0) is 32.8 Å². The van der Waals surface area contributed by atoms with E-state index in [4.69, 9.17) is 4.74 Å². The first-order chi connectivity index (χ1) is 13.7. The van der Waals surface area contributed by atoms with Crippen LogP contribution in [0.2, 0.25) is 0 Å². The van der Waals surface area contributed by atoms with Crippen LogP contribution in [0, 0.1) is 0 Å². The average Bonchev–Trinajstić information content (AvgIpc) is 2.70. The molecule has 0 unspecified atom stereocenters. The first kappa shape index (κ1) is 23.9. The molecule has 0 aliphatic rings. The van der Waals surface area contributed by atoms with Gasteiger partial charge in [0, 0.05) is 6.54 Å². The van der Waals surface area contributed by atoms with Gasteiger partial charge in [0.05, 0.1) is 0 Å². The molecule has 1 rings (SSSR count). The molecule has 0 bridgehead atoms. The number of alkyl carbamates (subject to hydrolysis) is 1. The number of ether oxygens (including phenoxy) is 1. The lowest BCUT2D eigenvalue weighted by Gasteiger charge is -2.20. The maximum atomic E-state index is 12.2. The van der Waals surface area contributed by atoms with Gasteiger partial charge in [0.1, 0.15) is 24.7 Å². The van der Waals surface area contributed by atoms with Crippen molar-refractivity contribution in [3.05, 3.63) is 35.9 Å². The zero-order chi connectivity index (χ0) is 21.8. The van der Waals surface area contributed by atoms with Gasteiger partial charge in [0.2, 0.25) is 17.7 Å². The highest BCUT2D eigenvalue weighted by Crippen LogP contribution is 2.01. The van der Waals surface area contributed by atoms with Crippen molar-refractivity contribution in [2.24, 2.45) is 0 Å². The smallest absolute Gasteiger partial charge is 0.408 e. The van der Waals surface area contributed by atoms with Gasteiger partial charge in [-0.2, -0.15) is 0 Å². The molecular weight excluding hydrogens is 376 g/mol. The Balaban J connectivity index is 2.39. The van der Waals surface area contributed by atoms with Crippen molar-refractivity contribution in [3.8, 4) is 0 Å². The van der Waals surface area contributed by atoms with Crippen LogP contribution in [0.25, 0.3) is 0 Å². The summed E-state index contributed by atoms with van der Waals surface area (Å²) in [4.78, 5) is 48.0. The van der Waals surface area contributed by atoms with Crippen molar-refractivity contribution in [1.29, 1.82) is 0 Å². The molecule has 0 aliphatic heterocycles. The van der Waals surface area contributed by atoms with E-state index in [1.807, 2.05) is 37.3 Å². The van der Waals surface area contributed by atoms with Gasteiger partial charge in [0.25, 0.3) is 0 Å². The largest absolute Gasteiger partial charge is 0.445 e. The molecule has 9 nitrogen and oxygen atoms in total. The zero-order valence-electron chi connectivity index (χ0n) is 17.3. The Hall–Kier alpha value is -3.10. The van der Waals surface area contributed by atoms with E-state index in [1.54, 1.807) is 6.92 Å². The molecule has 4 N–H and O–H groups in total. The van der Waals surface area contributed by atoms with Crippen LogP contribution in [-0.4, -0.2) is 48.5 Å². The molecule has 3 atom stereocenters. The summed E-state index contributed by atoms with van der Waals surface area (Å²) >= 11 is 0. The van der Waals surface area contributed by atoms with Crippen molar-refractivity contribution in [1.82, 2.24) is 21.3 Å². The minimum absolute atomic E-state index is 0.0812. The Labute approximate surface area is 170 Å². The molecule has 0 saturated heterocycles. The first-order valence-electron chi connectivity index (χ1n) is 9.60. The highest BCUT2D eigenvalue weighted by Gasteiger charge is 2.23. The van der Waals surface area contributed by atoms with Crippen LogP contribution < -0.4 is 21.3 Å². The number of carbonyl (C=O) groups excluding carboxylic acids is 4. The summed E-state index contributed by atoms with van der Waals surface area (Å²) in [5.74, 6) is -1.35. The van der Waals surface area contributed by atoms with Gasteiger partial charge >= 0.3 is 6.09 Å². The minimum Gasteiger partial charge on any atom is -0.445 e. The van der Waals surface area contributed by atoms with Crippen LogP contribution in [0.4, 0.5) is 4.79 Å². The number of carbonyl (C=O) groups is 4. The van der Waals surface area contributed by atoms with Gasteiger partial charge in [-0.1, -0.05) is 37.3 Å². The summed E-state index contributed by atoms with van der Waals surface area (Å²) in [6.45, 7) is 7.06. The Morgan fingerprint density at radius 3 is 1.90 bits per heavy atom. The van der Waals surface area contributed by atoms with Gasteiger partial charge in [-0.25, -0.2) is 4.79 Å². The Bertz CT molecular complexity index is 695. The number of amides is 4. The van der Waals surface area contributed by atoms with E-state index in [0.717, 1.165) is 12.0 Å². The van der Waals surface area contributed by atoms with Crippen molar-refractivity contribution < 1.29 is 23.9 Å². The van der Waals surface area contributed by atoms with E-state index in [2.05, 4.69) is 21.3 Å². The standard InChI is InChI=1S/C20H30N4O5/c1-5-11-21-17(25)13(2)22-18(26)14(3)23-19(27)15(4)24-20(28)29-12-16-9-7-6-8-10-16/h6-10,13-15H,5,11-12H2,1-4H3,(H,21,25)(H,22,26)(H,23,27)(H,24,28)/t13-,14-,15-/m0/s1. The Morgan fingerprint density at radius 2 is 1.34 bits per heavy atom. The summed E-state index contributed by atoms with van der Waals surface area (Å²) in [6.07, 6.45) is 0.0483. The maximum absolute atomic E-state index is 12.2. The molecule has 4 amide bonds. The molecule has 0 aromatic heterocycles. The van der Waals surface area contributed by atoms with E-state index in [9.17, 15) is 19.2 Å². The van der Waals surface area contributed by atoms with Gasteiger partial charge in [0.15, 0.2) is 0 Å². The highest BCUT2D eigenvalue weighted by molar-refractivity contribution is 5.93. The van der Waals surface area contributed by atoms with Crippen LogP contribution in [0.3, 0.4) is 0 Å². The molecule has 0 heterocycles. The first-order valence-corrected chi connectivity index (χ1v) is 9.60. The van der Waals surface area contributed by atoms with E-state index < -0.39 is 36.0 Å². The molecule has 0 spiro atoms. The number of hydrogen-bond acceptors (Lipinski definition) is 5. The molecule has 1 aromatic carbocycles. The second-order valence-corrected chi connectivity index (χ2v) is 6.68. The highest BCUT2D eigenvalue weighted by atomic mass is 16.5. The van der Waals surface area contributed by atoms with Crippen LogP contribution in [0.1, 0.15) is 39.7 Å².